The van der Waals surface area contributed by atoms with Gasteiger partial charge in [-0.25, -0.2) is 8.42 Å². The molecule has 0 aliphatic rings. The lowest BCUT2D eigenvalue weighted by molar-refractivity contribution is 0.148. The van der Waals surface area contributed by atoms with Crippen molar-refractivity contribution < 1.29 is 18.3 Å². The van der Waals surface area contributed by atoms with Crippen molar-refractivity contribution in [1.29, 1.82) is 0 Å². The van der Waals surface area contributed by atoms with Crippen molar-refractivity contribution in [3.8, 4) is 0 Å². The van der Waals surface area contributed by atoms with Crippen LogP contribution in [-0.4, -0.2) is 46.1 Å². The summed E-state index contributed by atoms with van der Waals surface area (Å²) in [6.45, 7) is 0.762. The van der Waals surface area contributed by atoms with Crippen LogP contribution >= 0.6 is 11.6 Å². The Kier molecular flexibility index (Phi) is 6.91. The Bertz CT molecular complexity index is 527. The number of aliphatic hydroxyl groups is 1. The molecule has 0 saturated heterocycles. The minimum atomic E-state index is -3.33. The fourth-order valence-electron chi connectivity index (χ4n) is 1.91. The first kappa shape index (κ1) is 17.4. The molecule has 20 heavy (non-hydrogen) atoms. The zero-order valence-corrected chi connectivity index (χ0v) is 13.2. The van der Waals surface area contributed by atoms with Gasteiger partial charge in [-0.05, 0) is 18.6 Å². The maximum Gasteiger partial charge on any atom is 0.175 e. The van der Waals surface area contributed by atoms with E-state index in [1.807, 2.05) is 0 Å². The van der Waals surface area contributed by atoms with Crippen LogP contribution in [0.3, 0.4) is 0 Å². The quantitative estimate of drug-likeness (QED) is 0.753. The molecule has 0 heterocycles. The summed E-state index contributed by atoms with van der Waals surface area (Å²) in [7, 11) is -1.76. The summed E-state index contributed by atoms with van der Waals surface area (Å²) in [4.78, 5) is 0.220. The normalized spacial score (nSPS) is 13.4. The molecule has 114 valence electrons. The second-order valence-corrected chi connectivity index (χ2v) is 6.93. The van der Waals surface area contributed by atoms with Crippen molar-refractivity contribution in [2.24, 2.45) is 0 Å². The smallest absolute Gasteiger partial charge is 0.175 e. The van der Waals surface area contributed by atoms with Gasteiger partial charge in [0.15, 0.2) is 9.84 Å². The summed E-state index contributed by atoms with van der Waals surface area (Å²) in [6.07, 6.45) is 1.68. The Morgan fingerprint density at radius 2 is 2.15 bits per heavy atom. The van der Waals surface area contributed by atoms with E-state index >= 15 is 0 Å². The SMILES string of the molecule is COCC(CCO)NCc1c(Cl)cccc1S(C)(=O)=O. The predicted molar refractivity (Wildman–Crippen MR) is 78.8 cm³/mol. The van der Waals surface area contributed by atoms with E-state index in [-0.39, 0.29) is 17.5 Å². The van der Waals surface area contributed by atoms with Gasteiger partial charge in [0.25, 0.3) is 0 Å². The van der Waals surface area contributed by atoms with Crippen LogP contribution in [0.15, 0.2) is 23.1 Å². The van der Waals surface area contributed by atoms with Crippen LogP contribution in [0.4, 0.5) is 0 Å². The fraction of sp³-hybridized carbons (Fsp3) is 0.538. The third-order valence-electron chi connectivity index (χ3n) is 2.89. The van der Waals surface area contributed by atoms with E-state index in [1.54, 1.807) is 19.2 Å². The minimum Gasteiger partial charge on any atom is -0.396 e. The number of halogens is 1. The van der Waals surface area contributed by atoms with Gasteiger partial charge in [0, 0.05) is 43.1 Å². The first-order valence-electron chi connectivity index (χ1n) is 6.20. The molecule has 7 heteroatoms. The average Bonchev–Trinajstić information content (AvgIpc) is 2.36. The number of nitrogens with one attached hydrogen (secondary N) is 1. The summed E-state index contributed by atoms with van der Waals surface area (Å²) >= 11 is 6.09. The van der Waals surface area contributed by atoms with E-state index in [0.29, 0.717) is 30.2 Å². The van der Waals surface area contributed by atoms with Gasteiger partial charge >= 0.3 is 0 Å². The van der Waals surface area contributed by atoms with Gasteiger partial charge in [-0.1, -0.05) is 17.7 Å². The van der Waals surface area contributed by atoms with Gasteiger partial charge in [0.2, 0.25) is 0 Å². The molecule has 1 atom stereocenters. The Hall–Kier alpha value is -0.660. The van der Waals surface area contributed by atoms with Crippen molar-refractivity contribution in [1.82, 2.24) is 5.32 Å². The molecule has 0 spiro atoms. The summed E-state index contributed by atoms with van der Waals surface area (Å²) in [5.74, 6) is 0. The fourth-order valence-corrected chi connectivity index (χ4v) is 3.16. The van der Waals surface area contributed by atoms with Crippen LogP contribution in [0, 0.1) is 0 Å². The van der Waals surface area contributed by atoms with Gasteiger partial charge in [0.05, 0.1) is 11.5 Å². The van der Waals surface area contributed by atoms with Gasteiger partial charge in [-0.3, -0.25) is 0 Å². The standard InChI is InChI=1S/C13H20ClNO4S/c1-19-9-10(6-7-16)15-8-11-12(14)4-3-5-13(11)20(2,17)18/h3-5,10,15-16H,6-9H2,1-2H3. The van der Waals surface area contributed by atoms with Gasteiger partial charge in [0.1, 0.15) is 0 Å². The van der Waals surface area contributed by atoms with Crippen molar-refractivity contribution in [3.63, 3.8) is 0 Å². The Balaban J connectivity index is 2.91. The molecule has 0 aliphatic heterocycles. The number of hydrogen-bond donors (Lipinski definition) is 2. The van der Waals surface area contributed by atoms with Crippen molar-refractivity contribution in [3.05, 3.63) is 28.8 Å². The van der Waals surface area contributed by atoms with E-state index in [4.69, 9.17) is 21.4 Å². The van der Waals surface area contributed by atoms with Crippen LogP contribution in [0.25, 0.3) is 0 Å². The van der Waals surface area contributed by atoms with E-state index in [2.05, 4.69) is 5.32 Å². The summed E-state index contributed by atoms with van der Waals surface area (Å²) in [5, 5.41) is 12.5. The van der Waals surface area contributed by atoms with Crippen molar-refractivity contribution in [2.75, 3.05) is 26.6 Å². The molecular weight excluding hydrogens is 302 g/mol. The van der Waals surface area contributed by atoms with Crippen molar-refractivity contribution in [2.45, 2.75) is 23.9 Å². The molecule has 0 amide bonds. The molecule has 1 aromatic carbocycles. The molecule has 2 N–H and O–H groups in total. The molecule has 0 fully saturated rings. The third-order valence-corrected chi connectivity index (χ3v) is 4.42. The first-order valence-corrected chi connectivity index (χ1v) is 8.47. The Morgan fingerprint density at radius 3 is 2.70 bits per heavy atom. The van der Waals surface area contributed by atoms with E-state index < -0.39 is 9.84 Å². The van der Waals surface area contributed by atoms with Gasteiger partial charge in [-0.15, -0.1) is 0 Å². The second kappa shape index (κ2) is 7.95. The Labute approximate surface area is 124 Å². The number of aliphatic hydroxyl groups excluding tert-OH is 1. The number of rotatable bonds is 8. The molecule has 0 saturated carbocycles. The van der Waals surface area contributed by atoms with Crippen LogP contribution in [0.1, 0.15) is 12.0 Å². The number of sulfone groups is 1. The number of hydrogen-bond acceptors (Lipinski definition) is 5. The maximum atomic E-state index is 11.8. The summed E-state index contributed by atoms with van der Waals surface area (Å²) in [5.41, 5.74) is 0.538. The largest absolute Gasteiger partial charge is 0.396 e. The molecule has 1 rings (SSSR count). The molecule has 0 radical (unpaired) electrons. The molecular formula is C13H20ClNO4S. The monoisotopic (exact) mass is 321 g/mol. The number of ether oxygens (including phenoxy) is 1. The third kappa shape index (κ3) is 5.03. The molecule has 1 unspecified atom stereocenters. The lowest BCUT2D eigenvalue weighted by atomic mass is 10.2. The topological polar surface area (TPSA) is 75.6 Å². The van der Waals surface area contributed by atoms with Crippen molar-refractivity contribution >= 4 is 21.4 Å². The van der Waals surface area contributed by atoms with Crippen LogP contribution in [0.5, 0.6) is 0 Å². The predicted octanol–water partition coefficient (Wildman–Crippen LogP) is 1.23. The number of benzene rings is 1. The van der Waals surface area contributed by atoms with Crippen LogP contribution in [0.2, 0.25) is 5.02 Å². The molecule has 1 aromatic rings. The van der Waals surface area contributed by atoms with E-state index in [1.165, 1.54) is 6.07 Å². The van der Waals surface area contributed by atoms with Gasteiger partial charge in [-0.2, -0.15) is 0 Å². The highest BCUT2D eigenvalue weighted by Gasteiger charge is 2.17. The minimum absolute atomic E-state index is 0.0302. The maximum absolute atomic E-state index is 11.8. The lowest BCUT2D eigenvalue weighted by Crippen LogP contribution is -2.34. The summed E-state index contributed by atoms with van der Waals surface area (Å²) in [6, 6.07) is 4.75. The zero-order valence-electron chi connectivity index (χ0n) is 11.6. The summed E-state index contributed by atoms with van der Waals surface area (Å²) < 4.78 is 28.5. The van der Waals surface area contributed by atoms with E-state index in [0.717, 1.165) is 6.26 Å². The number of methoxy groups -OCH3 is 1. The molecule has 0 aliphatic carbocycles. The van der Waals surface area contributed by atoms with Gasteiger partial charge < -0.3 is 15.2 Å². The molecule has 5 nitrogen and oxygen atoms in total. The zero-order chi connectivity index (χ0) is 15.2. The Morgan fingerprint density at radius 1 is 1.45 bits per heavy atom. The molecule has 0 aromatic heterocycles. The van der Waals surface area contributed by atoms with Crippen LogP contribution < -0.4 is 5.32 Å². The highest BCUT2D eigenvalue weighted by molar-refractivity contribution is 7.90. The first-order chi connectivity index (χ1) is 9.40. The molecule has 0 bridgehead atoms. The van der Waals surface area contributed by atoms with Crippen LogP contribution in [-0.2, 0) is 21.1 Å². The van der Waals surface area contributed by atoms with E-state index in [9.17, 15) is 8.42 Å². The highest BCUT2D eigenvalue weighted by Crippen LogP contribution is 2.24. The second-order valence-electron chi connectivity index (χ2n) is 4.53. The average molecular weight is 322 g/mol. The highest BCUT2D eigenvalue weighted by atomic mass is 35.5. The lowest BCUT2D eigenvalue weighted by Gasteiger charge is -2.18.